The van der Waals surface area contributed by atoms with Crippen LogP contribution in [0, 0.1) is 6.92 Å². The second-order valence-electron chi connectivity index (χ2n) is 8.67. The lowest BCUT2D eigenvalue weighted by molar-refractivity contribution is 0.0354. The predicted molar refractivity (Wildman–Crippen MR) is 137 cm³/mol. The number of nitrogens with zero attached hydrogens (tertiary/aromatic N) is 4. The molecular formula is C23H36IN7O. The van der Waals surface area contributed by atoms with Gasteiger partial charge in [0, 0.05) is 44.9 Å². The van der Waals surface area contributed by atoms with Gasteiger partial charge in [-0.1, -0.05) is 30.3 Å². The van der Waals surface area contributed by atoms with Gasteiger partial charge in [0.1, 0.15) is 11.6 Å². The summed E-state index contributed by atoms with van der Waals surface area (Å²) in [5.74, 6) is 2.63. The van der Waals surface area contributed by atoms with Gasteiger partial charge in [-0.25, -0.2) is 9.67 Å². The van der Waals surface area contributed by atoms with Crippen LogP contribution in [0.15, 0.2) is 35.3 Å². The van der Waals surface area contributed by atoms with Crippen molar-refractivity contribution in [3.8, 4) is 0 Å². The van der Waals surface area contributed by atoms with Crippen LogP contribution in [-0.2, 0) is 11.3 Å². The maximum absolute atomic E-state index is 5.68. The van der Waals surface area contributed by atoms with Gasteiger partial charge in [-0.3, -0.25) is 4.99 Å². The van der Waals surface area contributed by atoms with Crippen LogP contribution in [0.2, 0.25) is 0 Å². The summed E-state index contributed by atoms with van der Waals surface area (Å²) in [5, 5.41) is 15.6. The van der Waals surface area contributed by atoms with E-state index < -0.39 is 0 Å². The van der Waals surface area contributed by atoms with E-state index in [1.54, 1.807) is 0 Å². The average Bonchev–Trinajstić information content (AvgIpc) is 3.19. The van der Waals surface area contributed by atoms with Gasteiger partial charge in [0.05, 0.1) is 6.04 Å². The zero-order valence-electron chi connectivity index (χ0n) is 19.3. The Morgan fingerprint density at radius 2 is 2.03 bits per heavy atom. The van der Waals surface area contributed by atoms with E-state index in [9.17, 15) is 0 Å². The van der Waals surface area contributed by atoms with Gasteiger partial charge >= 0.3 is 0 Å². The normalized spacial score (nSPS) is 21.2. The first-order valence-electron chi connectivity index (χ1n) is 11.4. The van der Waals surface area contributed by atoms with Crippen LogP contribution in [-0.4, -0.2) is 53.1 Å². The monoisotopic (exact) mass is 553 g/mol. The molecule has 0 radical (unpaired) electrons. The molecule has 0 spiro atoms. The second kappa shape index (κ2) is 11.4. The van der Waals surface area contributed by atoms with E-state index in [4.69, 9.17) is 4.74 Å². The Morgan fingerprint density at radius 3 is 2.75 bits per heavy atom. The van der Waals surface area contributed by atoms with Crippen molar-refractivity contribution in [1.29, 1.82) is 0 Å². The van der Waals surface area contributed by atoms with Crippen molar-refractivity contribution >= 4 is 29.9 Å². The molecule has 2 aromatic rings. The molecule has 1 aromatic heterocycles. The van der Waals surface area contributed by atoms with Crippen molar-refractivity contribution in [2.45, 2.75) is 63.7 Å². The number of aryl methyl sites for hydroxylation is 2. The molecule has 8 nitrogen and oxygen atoms in total. The number of benzene rings is 1. The fourth-order valence-electron chi connectivity index (χ4n) is 4.64. The standard InChI is InChI=1S/C23H35N7O.HI/c1-17(19-8-5-4-6-9-19)28-23(11-14-31-15-12-23)16-25-22(24-3)27-20-10-7-13-30-21(20)26-18(2)29-30;/h4-6,8-9,17,20,28H,7,10-16H2,1-3H3,(H2,24,25,27);1H. The first-order valence-corrected chi connectivity index (χ1v) is 11.4. The van der Waals surface area contributed by atoms with Crippen molar-refractivity contribution in [2.24, 2.45) is 4.99 Å². The fraction of sp³-hybridized carbons (Fsp3) is 0.609. The average molecular weight is 553 g/mol. The third kappa shape index (κ3) is 5.99. The van der Waals surface area contributed by atoms with E-state index in [-0.39, 0.29) is 41.6 Å². The van der Waals surface area contributed by atoms with Gasteiger partial charge in [-0.15, -0.1) is 24.0 Å². The molecule has 176 valence electrons. The lowest BCUT2D eigenvalue weighted by atomic mass is 9.88. The first-order chi connectivity index (χ1) is 15.1. The van der Waals surface area contributed by atoms with Crippen LogP contribution in [0.4, 0.5) is 0 Å². The summed E-state index contributed by atoms with van der Waals surface area (Å²) < 4.78 is 7.70. The summed E-state index contributed by atoms with van der Waals surface area (Å²) in [6, 6.07) is 11.0. The van der Waals surface area contributed by atoms with Crippen molar-refractivity contribution < 1.29 is 4.74 Å². The molecular weight excluding hydrogens is 517 g/mol. The predicted octanol–water partition coefficient (Wildman–Crippen LogP) is 3.10. The molecule has 3 N–H and O–H groups in total. The minimum absolute atomic E-state index is 0. The molecule has 1 aromatic carbocycles. The Kier molecular flexibility index (Phi) is 8.89. The SMILES string of the molecule is CN=C(NCC1(NC(C)c2ccccc2)CCOCC1)NC1CCCn2nc(C)nc21.I. The highest BCUT2D eigenvalue weighted by Gasteiger charge is 2.34. The number of nitrogens with one attached hydrogen (secondary N) is 3. The number of hydrogen-bond acceptors (Lipinski definition) is 5. The Balaban J connectivity index is 0.00000289. The van der Waals surface area contributed by atoms with Crippen molar-refractivity contribution in [1.82, 2.24) is 30.7 Å². The number of fused-ring (bicyclic) bond motifs is 1. The molecule has 2 unspecified atom stereocenters. The molecule has 32 heavy (non-hydrogen) atoms. The zero-order chi connectivity index (χ0) is 21.7. The van der Waals surface area contributed by atoms with Crippen LogP contribution in [0.25, 0.3) is 0 Å². The van der Waals surface area contributed by atoms with Crippen molar-refractivity contribution in [3.05, 3.63) is 47.5 Å². The van der Waals surface area contributed by atoms with Gasteiger partial charge in [-0.2, -0.15) is 5.10 Å². The quantitative estimate of drug-likeness (QED) is 0.290. The van der Waals surface area contributed by atoms with Gasteiger partial charge < -0.3 is 20.7 Å². The molecule has 0 bridgehead atoms. The van der Waals surface area contributed by atoms with Crippen LogP contribution < -0.4 is 16.0 Å². The van der Waals surface area contributed by atoms with E-state index in [1.165, 1.54) is 5.56 Å². The molecule has 0 aliphatic carbocycles. The summed E-state index contributed by atoms with van der Waals surface area (Å²) in [6.07, 6.45) is 4.04. The Hall–Kier alpha value is -1.72. The lowest BCUT2D eigenvalue weighted by Crippen LogP contribution is -2.58. The number of hydrogen-bond donors (Lipinski definition) is 3. The first kappa shape index (κ1) is 24.9. The maximum atomic E-state index is 5.68. The minimum Gasteiger partial charge on any atom is -0.381 e. The van der Waals surface area contributed by atoms with E-state index in [1.807, 2.05) is 18.7 Å². The highest BCUT2D eigenvalue weighted by molar-refractivity contribution is 14.0. The molecule has 1 fully saturated rings. The van der Waals surface area contributed by atoms with Gasteiger partial charge in [0.2, 0.25) is 0 Å². The van der Waals surface area contributed by atoms with Crippen molar-refractivity contribution in [3.63, 3.8) is 0 Å². The van der Waals surface area contributed by atoms with Crippen LogP contribution >= 0.6 is 24.0 Å². The molecule has 1 saturated heterocycles. The largest absolute Gasteiger partial charge is 0.381 e. The molecule has 2 aliphatic heterocycles. The fourth-order valence-corrected chi connectivity index (χ4v) is 4.64. The molecule has 9 heteroatoms. The molecule has 2 aliphatic rings. The van der Waals surface area contributed by atoms with Crippen LogP contribution in [0.5, 0.6) is 0 Å². The molecule has 3 heterocycles. The number of guanidine groups is 1. The number of rotatable bonds is 6. The summed E-state index contributed by atoms with van der Waals surface area (Å²) in [5.41, 5.74) is 1.25. The van der Waals surface area contributed by atoms with E-state index in [0.29, 0.717) is 0 Å². The van der Waals surface area contributed by atoms with E-state index in [2.05, 4.69) is 68.3 Å². The van der Waals surface area contributed by atoms with Crippen LogP contribution in [0.1, 0.15) is 61.9 Å². The van der Waals surface area contributed by atoms with E-state index in [0.717, 1.165) is 69.6 Å². The number of ether oxygens (including phenoxy) is 1. The second-order valence-corrected chi connectivity index (χ2v) is 8.67. The molecule has 4 rings (SSSR count). The Morgan fingerprint density at radius 1 is 1.28 bits per heavy atom. The molecule has 0 amide bonds. The van der Waals surface area contributed by atoms with Gasteiger partial charge in [-0.05, 0) is 45.1 Å². The third-order valence-corrected chi connectivity index (χ3v) is 6.38. The Bertz CT molecular complexity index is 880. The van der Waals surface area contributed by atoms with E-state index >= 15 is 0 Å². The summed E-state index contributed by atoms with van der Waals surface area (Å²) in [6.45, 7) is 7.44. The number of aliphatic imine (C=N–C) groups is 1. The van der Waals surface area contributed by atoms with Crippen LogP contribution in [0.3, 0.4) is 0 Å². The summed E-state index contributed by atoms with van der Waals surface area (Å²) >= 11 is 0. The summed E-state index contributed by atoms with van der Waals surface area (Å²) in [4.78, 5) is 9.13. The highest BCUT2D eigenvalue weighted by atomic mass is 127. The van der Waals surface area contributed by atoms with Crippen molar-refractivity contribution in [2.75, 3.05) is 26.8 Å². The zero-order valence-corrected chi connectivity index (χ0v) is 21.6. The number of halogens is 1. The number of aromatic nitrogens is 3. The molecule has 2 atom stereocenters. The van der Waals surface area contributed by atoms with Gasteiger partial charge in [0.25, 0.3) is 0 Å². The Labute approximate surface area is 208 Å². The summed E-state index contributed by atoms with van der Waals surface area (Å²) in [7, 11) is 1.82. The minimum atomic E-state index is -0.0473. The van der Waals surface area contributed by atoms with Gasteiger partial charge in [0.15, 0.2) is 5.96 Å². The maximum Gasteiger partial charge on any atom is 0.191 e. The topological polar surface area (TPSA) is 88.4 Å². The lowest BCUT2D eigenvalue weighted by Gasteiger charge is -2.41. The third-order valence-electron chi connectivity index (χ3n) is 6.38. The molecule has 0 saturated carbocycles. The smallest absolute Gasteiger partial charge is 0.191 e. The highest BCUT2D eigenvalue weighted by Crippen LogP contribution is 2.26.